The zero-order valence-corrected chi connectivity index (χ0v) is 14.9. The maximum absolute atomic E-state index is 13.6. The second kappa shape index (κ2) is 6.07. The molecule has 1 fully saturated rings. The number of fused-ring (bicyclic) bond motifs is 1. The number of sulfonamides is 1. The van der Waals surface area contributed by atoms with E-state index >= 15 is 0 Å². The fourth-order valence-corrected chi connectivity index (χ4v) is 5.18. The zero-order chi connectivity index (χ0) is 18.5. The Labute approximate surface area is 149 Å². The fraction of sp³-hybridized carbons (Fsp3) is 0.278. The predicted octanol–water partition coefficient (Wildman–Crippen LogP) is 2.80. The quantitative estimate of drug-likeness (QED) is 0.705. The fourth-order valence-electron chi connectivity index (χ4n) is 3.48. The lowest BCUT2D eigenvalue weighted by molar-refractivity contribution is 0.395. The van der Waals surface area contributed by atoms with Gasteiger partial charge in [0.25, 0.3) is 0 Å². The highest BCUT2D eigenvalue weighted by atomic mass is 32.2. The number of oxazole rings is 1. The van der Waals surface area contributed by atoms with Gasteiger partial charge in [-0.15, -0.1) is 0 Å². The summed E-state index contributed by atoms with van der Waals surface area (Å²) in [5.74, 6) is -0.937. The molecule has 1 aliphatic heterocycles. The van der Waals surface area contributed by atoms with E-state index in [2.05, 4.69) is 0 Å². The van der Waals surface area contributed by atoms with Crippen LogP contribution < -0.4 is 5.76 Å². The van der Waals surface area contributed by atoms with E-state index in [4.69, 9.17) is 4.42 Å². The van der Waals surface area contributed by atoms with Gasteiger partial charge in [-0.3, -0.25) is 4.57 Å². The number of hydrogen-bond donors (Lipinski definition) is 0. The van der Waals surface area contributed by atoms with E-state index < -0.39 is 21.8 Å². The molecule has 2 aromatic carbocycles. The smallest absolute Gasteiger partial charge is 0.408 e. The van der Waals surface area contributed by atoms with Crippen LogP contribution in [0.1, 0.15) is 24.4 Å². The van der Waals surface area contributed by atoms with E-state index in [0.717, 1.165) is 0 Å². The molecule has 0 aliphatic carbocycles. The maximum Gasteiger partial charge on any atom is 0.419 e. The average molecular weight is 376 g/mol. The van der Waals surface area contributed by atoms with Crippen molar-refractivity contribution >= 4 is 21.1 Å². The van der Waals surface area contributed by atoms with Gasteiger partial charge in [-0.25, -0.2) is 17.6 Å². The molecule has 136 valence electrons. The van der Waals surface area contributed by atoms with Gasteiger partial charge in [0, 0.05) is 19.7 Å². The molecule has 8 heteroatoms. The summed E-state index contributed by atoms with van der Waals surface area (Å²) in [6.45, 7) is 0.361. The van der Waals surface area contributed by atoms with Crippen LogP contribution in [0.2, 0.25) is 0 Å². The second-order valence-electron chi connectivity index (χ2n) is 6.39. The molecule has 0 spiro atoms. The Balaban J connectivity index is 1.77. The van der Waals surface area contributed by atoms with Crippen molar-refractivity contribution in [2.24, 2.45) is 7.05 Å². The van der Waals surface area contributed by atoms with E-state index in [-0.39, 0.29) is 16.3 Å². The summed E-state index contributed by atoms with van der Waals surface area (Å²) in [6, 6.07) is 10.0. The van der Waals surface area contributed by atoms with Crippen LogP contribution in [0.25, 0.3) is 11.1 Å². The van der Waals surface area contributed by atoms with Gasteiger partial charge < -0.3 is 4.42 Å². The normalized spacial score (nSPS) is 18.6. The number of benzene rings is 2. The van der Waals surface area contributed by atoms with Crippen molar-refractivity contribution in [1.82, 2.24) is 8.87 Å². The summed E-state index contributed by atoms with van der Waals surface area (Å²) in [5.41, 5.74) is 1.38. The number of rotatable bonds is 3. The van der Waals surface area contributed by atoms with Gasteiger partial charge in [0.15, 0.2) is 5.58 Å². The Morgan fingerprint density at radius 3 is 2.77 bits per heavy atom. The van der Waals surface area contributed by atoms with Gasteiger partial charge in [-0.2, -0.15) is 4.31 Å². The highest BCUT2D eigenvalue weighted by Crippen LogP contribution is 2.37. The monoisotopic (exact) mass is 376 g/mol. The second-order valence-corrected chi connectivity index (χ2v) is 8.28. The van der Waals surface area contributed by atoms with Crippen LogP contribution in [-0.4, -0.2) is 23.8 Å². The molecule has 1 unspecified atom stereocenters. The van der Waals surface area contributed by atoms with E-state index in [1.54, 1.807) is 25.2 Å². The van der Waals surface area contributed by atoms with Crippen molar-refractivity contribution in [3.8, 4) is 0 Å². The molecule has 3 aromatic rings. The standard InChI is InChI=1S/C18H17FN2O4S/c1-20-16-8-7-14(11-17(16)25-18(20)22)26(23,24)21-9-3-6-15(21)12-4-2-5-13(19)10-12/h2,4-5,7-8,10-11,15H,3,6,9H2,1H3. The first-order valence-corrected chi connectivity index (χ1v) is 9.69. The molecule has 0 saturated carbocycles. The third-order valence-corrected chi connectivity index (χ3v) is 6.71. The summed E-state index contributed by atoms with van der Waals surface area (Å²) >= 11 is 0. The molecule has 2 heterocycles. The van der Waals surface area contributed by atoms with Crippen LogP contribution in [0.15, 0.2) is 56.6 Å². The van der Waals surface area contributed by atoms with Gasteiger partial charge in [0.2, 0.25) is 10.0 Å². The molecular weight excluding hydrogens is 359 g/mol. The van der Waals surface area contributed by atoms with Crippen LogP contribution in [0, 0.1) is 5.82 Å². The highest BCUT2D eigenvalue weighted by molar-refractivity contribution is 7.89. The molecule has 26 heavy (non-hydrogen) atoms. The molecule has 1 atom stereocenters. The lowest BCUT2D eigenvalue weighted by Gasteiger charge is -2.24. The molecule has 1 aliphatic rings. The lowest BCUT2D eigenvalue weighted by atomic mass is 10.1. The topological polar surface area (TPSA) is 72.5 Å². The maximum atomic E-state index is 13.6. The Morgan fingerprint density at radius 2 is 2.00 bits per heavy atom. The molecule has 0 amide bonds. The molecule has 0 bridgehead atoms. The van der Waals surface area contributed by atoms with Crippen molar-refractivity contribution in [2.45, 2.75) is 23.8 Å². The van der Waals surface area contributed by atoms with E-state index in [1.807, 2.05) is 0 Å². The van der Waals surface area contributed by atoms with Crippen molar-refractivity contribution in [1.29, 1.82) is 0 Å². The summed E-state index contributed by atoms with van der Waals surface area (Å²) in [6.07, 6.45) is 1.33. The predicted molar refractivity (Wildman–Crippen MR) is 93.7 cm³/mol. The summed E-state index contributed by atoms with van der Waals surface area (Å²) in [4.78, 5) is 11.7. The van der Waals surface area contributed by atoms with Crippen LogP contribution in [0.3, 0.4) is 0 Å². The number of aryl methyl sites for hydroxylation is 1. The van der Waals surface area contributed by atoms with Gasteiger partial charge in [0.05, 0.1) is 16.5 Å². The summed E-state index contributed by atoms with van der Waals surface area (Å²) in [7, 11) is -2.25. The first-order valence-electron chi connectivity index (χ1n) is 8.25. The minimum absolute atomic E-state index is 0.0580. The van der Waals surface area contributed by atoms with Gasteiger partial charge in [-0.05, 0) is 42.7 Å². The van der Waals surface area contributed by atoms with E-state index in [9.17, 15) is 17.6 Å². The minimum Gasteiger partial charge on any atom is -0.408 e. The Bertz CT molecular complexity index is 1150. The molecule has 1 aromatic heterocycles. The van der Waals surface area contributed by atoms with Crippen LogP contribution in [0.4, 0.5) is 4.39 Å². The summed E-state index contributed by atoms with van der Waals surface area (Å²) in [5, 5.41) is 0. The molecule has 0 N–H and O–H groups in total. The van der Waals surface area contributed by atoms with Gasteiger partial charge in [-0.1, -0.05) is 12.1 Å². The van der Waals surface area contributed by atoms with Gasteiger partial charge >= 0.3 is 5.76 Å². The summed E-state index contributed by atoms with van der Waals surface area (Å²) < 4.78 is 47.7. The Morgan fingerprint density at radius 1 is 1.19 bits per heavy atom. The molecule has 0 radical (unpaired) electrons. The van der Waals surface area contributed by atoms with E-state index in [1.165, 1.54) is 33.1 Å². The third-order valence-electron chi connectivity index (χ3n) is 4.81. The first-order chi connectivity index (χ1) is 12.4. The molecule has 4 rings (SSSR count). The number of aromatic nitrogens is 1. The number of nitrogens with zero attached hydrogens (tertiary/aromatic N) is 2. The van der Waals surface area contributed by atoms with Crippen LogP contribution in [-0.2, 0) is 17.1 Å². The Hall–Kier alpha value is -2.45. The lowest BCUT2D eigenvalue weighted by Crippen LogP contribution is -2.30. The Kier molecular flexibility index (Phi) is 3.96. The van der Waals surface area contributed by atoms with Crippen LogP contribution in [0.5, 0.6) is 0 Å². The largest absolute Gasteiger partial charge is 0.419 e. The highest BCUT2D eigenvalue weighted by Gasteiger charge is 2.36. The molecule has 1 saturated heterocycles. The van der Waals surface area contributed by atoms with Crippen LogP contribution >= 0.6 is 0 Å². The van der Waals surface area contributed by atoms with Crippen molar-refractivity contribution < 1.29 is 17.2 Å². The first kappa shape index (κ1) is 17.0. The van der Waals surface area contributed by atoms with E-state index in [0.29, 0.717) is 30.5 Å². The third kappa shape index (κ3) is 2.65. The SMILES string of the molecule is Cn1c(=O)oc2cc(S(=O)(=O)N3CCCC3c3cccc(F)c3)ccc21. The van der Waals surface area contributed by atoms with Gasteiger partial charge in [0.1, 0.15) is 5.82 Å². The van der Waals surface area contributed by atoms with Crippen molar-refractivity contribution in [3.05, 3.63) is 64.4 Å². The molecule has 6 nitrogen and oxygen atoms in total. The van der Waals surface area contributed by atoms with Crippen molar-refractivity contribution in [3.63, 3.8) is 0 Å². The minimum atomic E-state index is -3.80. The van der Waals surface area contributed by atoms with Crippen molar-refractivity contribution in [2.75, 3.05) is 6.54 Å². The molecular formula is C18H17FN2O4S. The number of halogens is 1. The average Bonchev–Trinajstić information content (AvgIpc) is 3.21. The number of hydrogen-bond acceptors (Lipinski definition) is 4. The zero-order valence-electron chi connectivity index (χ0n) is 14.1.